The molecule has 1 aromatic carbocycles. The number of benzene rings is 1. The zero-order chi connectivity index (χ0) is 16.9. The quantitative estimate of drug-likeness (QED) is 0.694. The summed E-state index contributed by atoms with van der Waals surface area (Å²) >= 11 is 0. The van der Waals surface area contributed by atoms with Crippen molar-refractivity contribution in [1.29, 1.82) is 0 Å². The molecule has 0 radical (unpaired) electrons. The minimum absolute atomic E-state index is 0.0605. The van der Waals surface area contributed by atoms with Crippen LogP contribution in [0.25, 0.3) is 11.3 Å². The fourth-order valence-electron chi connectivity index (χ4n) is 2.48. The Bertz CT molecular complexity index is 738. The van der Waals surface area contributed by atoms with Gasteiger partial charge in [-0.05, 0) is 24.1 Å². The molecule has 1 aliphatic heterocycles. The summed E-state index contributed by atoms with van der Waals surface area (Å²) < 4.78 is 5.33. The summed E-state index contributed by atoms with van der Waals surface area (Å²) in [5.74, 6) is 0.0694. The number of furan rings is 1. The van der Waals surface area contributed by atoms with E-state index in [9.17, 15) is 14.4 Å². The number of urea groups is 1. The van der Waals surface area contributed by atoms with E-state index in [0.717, 1.165) is 16.9 Å². The van der Waals surface area contributed by atoms with Gasteiger partial charge in [0, 0.05) is 12.1 Å². The van der Waals surface area contributed by atoms with Gasteiger partial charge in [-0.25, -0.2) is 4.79 Å². The molecule has 2 aromatic rings. The second kappa shape index (κ2) is 6.99. The summed E-state index contributed by atoms with van der Waals surface area (Å²) in [5.41, 5.74) is 2.08. The molecule has 0 saturated carbocycles. The number of imide groups is 1. The molecule has 0 aliphatic carbocycles. The first kappa shape index (κ1) is 15.8. The van der Waals surface area contributed by atoms with E-state index < -0.39 is 18.0 Å². The Kier molecular flexibility index (Phi) is 4.60. The van der Waals surface area contributed by atoms with E-state index >= 15 is 0 Å². The van der Waals surface area contributed by atoms with Gasteiger partial charge in [0.2, 0.25) is 5.91 Å². The van der Waals surface area contributed by atoms with E-state index in [-0.39, 0.29) is 12.3 Å². The van der Waals surface area contributed by atoms with E-state index in [1.807, 2.05) is 36.4 Å². The molecule has 1 fully saturated rings. The van der Waals surface area contributed by atoms with Crippen LogP contribution < -0.4 is 16.0 Å². The number of nitrogens with one attached hydrogen (secondary N) is 3. The Morgan fingerprint density at radius 1 is 1.17 bits per heavy atom. The zero-order valence-corrected chi connectivity index (χ0v) is 12.9. The predicted molar refractivity (Wildman–Crippen MR) is 85.9 cm³/mol. The SMILES string of the molecule is O=C(CC1NC(=O)NC1=O)NCCc1ccc(-c2ccco2)cc1. The molecule has 1 aliphatic rings. The molecule has 3 rings (SSSR count). The lowest BCUT2D eigenvalue weighted by atomic mass is 10.1. The van der Waals surface area contributed by atoms with Crippen LogP contribution in [-0.4, -0.2) is 30.4 Å². The summed E-state index contributed by atoms with van der Waals surface area (Å²) in [5, 5.41) is 7.23. The van der Waals surface area contributed by atoms with Gasteiger partial charge in [-0.2, -0.15) is 0 Å². The van der Waals surface area contributed by atoms with E-state index in [1.54, 1.807) is 6.26 Å². The van der Waals surface area contributed by atoms with Gasteiger partial charge in [-0.1, -0.05) is 24.3 Å². The Balaban J connectivity index is 1.44. The van der Waals surface area contributed by atoms with Crippen molar-refractivity contribution in [3.05, 3.63) is 48.2 Å². The summed E-state index contributed by atoms with van der Waals surface area (Å²) in [4.78, 5) is 34.1. The first-order valence-corrected chi connectivity index (χ1v) is 7.63. The van der Waals surface area contributed by atoms with Crippen molar-refractivity contribution in [2.24, 2.45) is 0 Å². The highest BCUT2D eigenvalue weighted by Crippen LogP contribution is 2.20. The molecular weight excluding hydrogens is 310 g/mol. The molecule has 4 amide bonds. The summed E-state index contributed by atoms with van der Waals surface area (Å²) in [6.45, 7) is 0.460. The molecule has 24 heavy (non-hydrogen) atoms. The average molecular weight is 327 g/mol. The van der Waals surface area contributed by atoms with Crippen molar-refractivity contribution in [3.8, 4) is 11.3 Å². The van der Waals surface area contributed by atoms with Crippen molar-refractivity contribution in [2.45, 2.75) is 18.9 Å². The lowest BCUT2D eigenvalue weighted by molar-refractivity contribution is -0.126. The number of rotatable bonds is 6. The van der Waals surface area contributed by atoms with Crippen LogP contribution in [-0.2, 0) is 16.0 Å². The second-order valence-corrected chi connectivity index (χ2v) is 5.49. The van der Waals surface area contributed by atoms with Gasteiger partial charge in [0.25, 0.3) is 5.91 Å². The van der Waals surface area contributed by atoms with Gasteiger partial charge >= 0.3 is 6.03 Å². The number of hydrogen-bond acceptors (Lipinski definition) is 4. The van der Waals surface area contributed by atoms with Crippen LogP contribution in [0.15, 0.2) is 47.1 Å². The smallest absolute Gasteiger partial charge is 0.322 e. The zero-order valence-electron chi connectivity index (χ0n) is 12.9. The molecule has 124 valence electrons. The van der Waals surface area contributed by atoms with Crippen LogP contribution in [0.4, 0.5) is 4.79 Å². The van der Waals surface area contributed by atoms with E-state index in [2.05, 4.69) is 16.0 Å². The van der Waals surface area contributed by atoms with Crippen molar-refractivity contribution in [3.63, 3.8) is 0 Å². The van der Waals surface area contributed by atoms with Crippen molar-refractivity contribution in [1.82, 2.24) is 16.0 Å². The fourth-order valence-corrected chi connectivity index (χ4v) is 2.48. The topological polar surface area (TPSA) is 100 Å². The van der Waals surface area contributed by atoms with Crippen LogP contribution in [0.2, 0.25) is 0 Å². The van der Waals surface area contributed by atoms with Gasteiger partial charge in [-0.3, -0.25) is 14.9 Å². The van der Waals surface area contributed by atoms with Gasteiger partial charge < -0.3 is 15.1 Å². The molecule has 1 saturated heterocycles. The fraction of sp³-hybridized carbons (Fsp3) is 0.235. The summed E-state index contributed by atoms with van der Waals surface area (Å²) in [6.07, 6.45) is 2.24. The van der Waals surface area contributed by atoms with Crippen molar-refractivity contribution >= 4 is 17.8 Å². The Labute approximate surface area is 138 Å². The standard InChI is InChI=1S/C17H17N3O4/c21-15(10-13-16(22)20-17(23)19-13)18-8-7-11-3-5-12(6-4-11)14-2-1-9-24-14/h1-6,9,13H,7-8,10H2,(H,18,21)(H2,19,20,22,23). The first-order valence-electron chi connectivity index (χ1n) is 7.63. The number of amides is 4. The Morgan fingerprint density at radius 2 is 1.96 bits per heavy atom. The summed E-state index contributed by atoms with van der Waals surface area (Å²) in [7, 11) is 0. The Morgan fingerprint density at radius 3 is 2.58 bits per heavy atom. The van der Waals surface area contributed by atoms with Crippen LogP contribution in [0.1, 0.15) is 12.0 Å². The Hall–Kier alpha value is -3.09. The van der Waals surface area contributed by atoms with E-state index in [0.29, 0.717) is 13.0 Å². The monoisotopic (exact) mass is 327 g/mol. The largest absolute Gasteiger partial charge is 0.464 e. The second-order valence-electron chi connectivity index (χ2n) is 5.49. The van der Waals surface area contributed by atoms with Crippen LogP contribution >= 0.6 is 0 Å². The molecule has 1 aromatic heterocycles. The third-order valence-corrected chi connectivity index (χ3v) is 3.74. The van der Waals surface area contributed by atoms with Gasteiger partial charge in [0.1, 0.15) is 11.8 Å². The maximum absolute atomic E-state index is 11.8. The van der Waals surface area contributed by atoms with E-state index in [1.165, 1.54) is 0 Å². The van der Waals surface area contributed by atoms with Gasteiger partial charge in [0.15, 0.2) is 0 Å². The lowest BCUT2D eigenvalue weighted by Gasteiger charge is -2.08. The van der Waals surface area contributed by atoms with Crippen molar-refractivity contribution in [2.75, 3.05) is 6.54 Å². The van der Waals surface area contributed by atoms with Crippen LogP contribution in [0, 0.1) is 0 Å². The highest BCUT2D eigenvalue weighted by Gasteiger charge is 2.30. The van der Waals surface area contributed by atoms with Crippen molar-refractivity contribution < 1.29 is 18.8 Å². The molecule has 2 heterocycles. The molecular formula is C17H17N3O4. The first-order chi connectivity index (χ1) is 11.6. The number of hydrogen-bond donors (Lipinski definition) is 3. The summed E-state index contributed by atoms with van der Waals surface area (Å²) in [6, 6.07) is 10.3. The predicted octanol–water partition coefficient (Wildman–Crippen LogP) is 1.20. The van der Waals surface area contributed by atoms with Gasteiger partial charge in [-0.15, -0.1) is 0 Å². The molecule has 1 unspecified atom stereocenters. The number of carbonyl (C=O) groups is 3. The maximum atomic E-state index is 11.8. The normalized spacial score (nSPS) is 16.6. The van der Waals surface area contributed by atoms with E-state index in [4.69, 9.17) is 4.42 Å². The maximum Gasteiger partial charge on any atom is 0.322 e. The van der Waals surface area contributed by atoms with Crippen LogP contribution in [0.3, 0.4) is 0 Å². The highest BCUT2D eigenvalue weighted by molar-refractivity contribution is 6.05. The van der Waals surface area contributed by atoms with Crippen LogP contribution in [0.5, 0.6) is 0 Å². The highest BCUT2D eigenvalue weighted by atomic mass is 16.3. The minimum atomic E-state index is -0.787. The van der Waals surface area contributed by atoms with Gasteiger partial charge in [0.05, 0.1) is 12.7 Å². The molecule has 1 atom stereocenters. The minimum Gasteiger partial charge on any atom is -0.464 e. The third-order valence-electron chi connectivity index (χ3n) is 3.74. The average Bonchev–Trinajstić information content (AvgIpc) is 3.18. The molecule has 0 bridgehead atoms. The third kappa shape index (κ3) is 3.81. The molecule has 7 heteroatoms. The lowest BCUT2D eigenvalue weighted by Crippen LogP contribution is -2.36. The number of carbonyl (C=O) groups excluding carboxylic acids is 3. The molecule has 3 N–H and O–H groups in total. The molecule has 0 spiro atoms. The molecule has 7 nitrogen and oxygen atoms in total.